The van der Waals surface area contributed by atoms with Gasteiger partial charge in [-0.2, -0.15) is 0 Å². The third-order valence-electron chi connectivity index (χ3n) is 5.02. The third-order valence-corrected chi connectivity index (χ3v) is 5.02. The highest BCUT2D eigenvalue weighted by Crippen LogP contribution is 2.41. The third kappa shape index (κ3) is 3.04. The zero-order chi connectivity index (χ0) is 14.0. The van der Waals surface area contributed by atoms with E-state index in [1.165, 1.54) is 37.8 Å². The van der Waals surface area contributed by atoms with Gasteiger partial charge in [0.05, 0.1) is 0 Å². The molecule has 3 nitrogen and oxygen atoms in total. The quantitative estimate of drug-likeness (QED) is 0.894. The van der Waals surface area contributed by atoms with Crippen molar-refractivity contribution in [3.63, 3.8) is 0 Å². The maximum atomic E-state index is 4.13. The summed E-state index contributed by atoms with van der Waals surface area (Å²) >= 11 is 0. The molecule has 1 aliphatic carbocycles. The first-order chi connectivity index (χ1) is 9.71. The number of nitrogens with one attached hydrogen (secondary N) is 1. The highest BCUT2D eigenvalue weighted by Gasteiger charge is 2.45. The van der Waals surface area contributed by atoms with Crippen molar-refractivity contribution in [3.8, 4) is 0 Å². The van der Waals surface area contributed by atoms with Gasteiger partial charge in [0.1, 0.15) is 0 Å². The lowest BCUT2D eigenvalue weighted by Gasteiger charge is -2.47. The first kappa shape index (κ1) is 14.0. The van der Waals surface area contributed by atoms with Crippen LogP contribution in [0, 0.1) is 5.92 Å². The topological polar surface area (TPSA) is 28.2 Å². The minimum Gasteiger partial charge on any atom is -0.308 e. The molecular formula is C17H27N3. The molecule has 1 aromatic heterocycles. The standard InChI is InChI=1S/C17H27N3/c1-3-4-16-11-19-17(2,15-5-6-15)13-20(16)12-14-7-9-18-10-8-14/h7-10,15-16,19H,3-6,11-13H2,1-2H3. The number of pyridine rings is 1. The zero-order valence-electron chi connectivity index (χ0n) is 12.8. The number of nitrogens with zero attached hydrogens (tertiary/aromatic N) is 2. The molecule has 3 rings (SSSR count). The van der Waals surface area contributed by atoms with Crippen molar-refractivity contribution in [2.24, 2.45) is 5.92 Å². The number of rotatable bonds is 5. The number of hydrogen-bond donors (Lipinski definition) is 1. The maximum Gasteiger partial charge on any atom is 0.0309 e. The van der Waals surface area contributed by atoms with Crippen LogP contribution < -0.4 is 5.32 Å². The average molecular weight is 273 g/mol. The van der Waals surface area contributed by atoms with Crippen LogP contribution in [0.5, 0.6) is 0 Å². The highest BCUT2D eigenvalue weighted by molar-refractivity contribution is 5.11. The molecule has 2 atom stereocenters. The summed E-state index contributed by atoms with van der Waals surface area (Å²) in [4.78, 5) is 6.83. The Balaban J connectivity index is 1.71. The lowest BCUT2D eigenvalue weighted by molar-refractivity contribution is 0.0638. The molecule has 0 spiro atoms. The first-order valence-electron chi connectivity index (χ1n) is 8.09. The molecule has 1 saturated heterocycles. The van der Waals surface area contributed by atoms with Crippen LogP contribution in [0.2, 0.25) is 0 Å². The Morgan fingerprint density at radius 1 is 1.35 bits per heavy atom. The summed E-state index contributed by atoms with van der Waals surface area (Å²) in [6.07, 6.45) is 9.19. The van der Waals surface area contributed by atoms with Gasteiger partial charge in [0.2, 0.25) is 0 Å². The summed E-state index contributed by atoms with van der Waals surface area (Å²) in [5, 5.41) is 3.85. The second-order valence-electron chi connectivity index (χ2n) is 6.78. The molecule has 0 bridgehead atoms. The molecule has 2 unspecified atom stereocenters. The van der Waals surface area contributed by atoms with Gasteiger partial charge in [-0.1, -0.05) is 13.3 Å². The molecule has 1 saturated carbocycles. The van der Waals surface area contributed by atoms with E-state index in [4.69, 9.17) is 0 Å². The van der Waals surface area contributed by atoms with Gasteiger partial charge in [-0.05, 0) is 49.8 Å². The zero-order valence-corrected chi connectivity index (χ0v) is 12.8. The predicted molar refractivity (Wildman–Crippen MR) is 82.5 cm³/mol. The van der Waals surface area contributed by atoms with E-state index < -0.39 is 0 Å². The summed E-state index contributed by atoms with van der Waals surface area (Å²) < 4.78 is 0. The van der Waals surface area contributed by atoms with Crippen LogP contribution in [0.15, 0.2) is 24.5 Å². The number of hydrogen-bond acceptors (Lipinski definition) is 3. The summed E-state index contributed by atoms with van der Waals surface area (Å²) in [5.74, 6) is 0.894. The first-order valence-corrected chi connectivity index (χ1v) is 8.09. The molecule has 20 heavy (non-hydrogen) atoms. The monoisotopic (exact) mass is 273 g/mol. The van der Waals surface area contributed by atoms with Crippen molar-refractivity contribution < 1.29 is 0 Å². The lowest BCUT2D eigenvalue weighted by Crippen LogP contribution is -2.63. The molecule has 2 aliphatic rings. The lowest BCUT2D eigenvalue weighted by atomic mass is 9.89. The molecule has 110 valence electrons. The van der Waals surface area contributed by atoms with Crippen molar-refractivity contribution in [2.45, 2.75) is 57.7 Å². The van der Waals surface area contributed by atoms with E-state index in [2.05, 4.69) is 41.2 Å². The van der Waals surface area contributed by atoms with E-state index in [9.17, 15) is 0 Å². The largest absolute Gasteiger partial charge is 0.308 e. The minimum atomic E-state index is 0.331. The molecule has 2 heterocycles. The molecule has 1 N–H and O–H groups in total. The van der Waals surface area contributed by atoms with Crippen molar-refractivity contribution in [3.05, 3.63) is 30.1 Å². The van der Waals surface area contributed by atoms with E-state index in [1.807, 2.05) is 12.4 Å². The Bertz CT molecular complexity index is 429. The molecule has 0 aromatic carbocycles. The Labute approximate surface area is 122 Å². The van der Waals surface area contributed by atoms with Crippen LogP contribution in [-0.2, 0) is 6.54 Å². The van der Waals surface area contributed by atoms with Crippen LogP contribution in [-0.4, -0.2) is 34.6 Å². The van der Waals surface area contributed by atoms with Crippen molar-refractivity contribution in [1.82, 2.24) is 15.2 Å². The Morgan fingerprint density at radius 3 is 2.75 bits per heavy atom. The fourth-order valence-corrected chi connectivity index (χ4v) is 3.61. The minimum absolute atomic E-state index is 0.331. The van der Waals surface area contributed by atoms with Gasteiger partial charge >= 0.3 is 0 Å². The van der Waals surface area contributed by atoms with Gasteiger partial charge in [0.15, 0.2) is 0 Å². The van der Waals surface area contributed by atoms with Crippen molar-refractivity contribution in [1.29, 1.82) is 0 Å². The fourth-order valence-electron chi connectivity index (χ4n) is 3.61. The van der Waals surface area contributed by atoms with Gasteiger partial charge in [0, 0.05) is 43.6 Å². The van der Waals surface area contributed by atoms with E-state index >= 15 is 0 Å². The van der Waals surface area contributed by atoms with Crippen LogP contribution in [0.1, 0.15) is 45.1 Å². The van der Waals surface area contributed by atoms with Gasteiger partial charge in [0.25, 0.3) is 0 Å². The van der Waals surface area contributed by atoms with E-state index in [0.717, 1.165) is 19.0 Å². The molecule has 1 aliphatic heterocycles. The van der Waals surface area contributed by atoms with Crippen LogP contribution in [0.4, 0.5) is 0 Å². The summed E-state index contributed by atoms with van der Waals surface area (Å²) in [7, 11) is 0. The fraction of sp³-hybridized carbons (Fsp3) is 0.706. The van der Waals surface area contributed by atoms with E-state index in [1.54, 1.807) is 0 Å². The Morgan fingerprint density at radius 2 is 2.10 bits per heavy atom. The molecule has 1 aromatic rings. The van der Waals surface area contributed by atoms with Gasteiger partial charge < -0.3 is 5.32 Å². The smallest absolute Gasteiger partial charge is 0.0309 e. The molecule has 0 amide bonds. The second-order valence-corrected chi connectivity index (χ2v) is 6.78. The number of aromatic nitrogens is 1. The molecule has 3 heteroatoms. The molecule has 2 fully saturated rings. The predicted octanol–water partition coefficient (Wildman–Crippen LogP) is 2.82. The SMILES string of the molecule is CCCC1CNC(C)(C2CC2)CN1Cc1ccncc1. The van der Waals surface area contributed by atoms with Crippen molar-refractivity contribution in [2.75, 3.05) is 13.1 Å². The van der Waals surface area contributed by atoms with Gasteiger partial charge in [-0.3, -0.25) is 9.88 Å². The summed E-state index contributed by atoms with van der Waals surface area (Å²) in [5.41, 5.74) is 1.72. The normalized spacial score (nSPS) is 31.4. The summed E-state index contributed by atoms with van der Waals surface area (Å²) in [6.45, 7) is 8.11. The highest BCUT2D eigenvalue weighted by atomic mass is 15.3. The van der Waals surface area contributed by atoms with Crippen LogP contribution >= 0.6 is 0 Å². The Kier molecular flexibility index (Phi) is 4.08. The van der Waals surface area contributed by atoms with Crippen LogP contribution in [0.25, 0.3) is 0 Å². The van der Waals surface area contributed by atoms with Crippen LogP contribution in [0.3, 0.4) is 0 Å². The second kappa shape index (κ2) is 5.82. The average Bonchev–Trinajstić information content (AvgIpc) is 3.28. The van der Waals surface area contributed by atoms with E-state index in [0.29, 0.717) is 11.6 Å². The van der Waals surface area contributed by atoms with E-state index in [-0.39, 0.29) is 0 Å². The molecular weight excluding hydrogens is 246 g/mol. The van der Waals surface area contributed by atoms with Crippen molar-refractivity contribution >= 4 is 0 Å². The summed E-state index contributed by atoms with van der Waals surface area (Å²) in [6, 6.07) is 4.99. The van der Waals surface area contributed by atoms with Gasteiger partial charge in [-0.15, -0.1) is 0 Å². The number of piperazine rings is 1. The maximum absolute atomic E-state index is 4.13. The Hall–Kier alpha value is -0.930. The molecule has 0 radical (unpaired) electrons. The van der Waals surface area contributed by atoms with Gasteiger partial charge in [-0.25, -0.2) is 0 Å².